The number of non-ortho nitro benzene ring substituents is 1. The van der Waals surface area contributed by atoms with Crippen LogP contribution in [-0.2, 0) is 4.79 Å². The number of anilines is 2. The Morgan fingerprint density at radius 3 is 2.72 bits per heavy atom. The van der Waals surface area contributed by atoms with Crippen LogP contribution in [0, 0.1) is 10.1 Å². The fourth-order valence-corrected chi connectivity index (χ4v) is 4.38. The lowest BCUT2D eigenvalue weighted by atomic mass is 10.1. The summed E-state index contributed by atoms with van der Waals surface area (Å²) in [5, 5.41) is 16.1. The average molecular weight is 454 g/mol. The summed E-state index contributed by atoms with van der Waals surface area (Å²) < 4.78 is 5.45. The maximum absolute atomic E-state index is 12.5. The van der Waals surface area contributed by atoms with Crippen molar-refractivity contribution in [2.75, 3.05) is 50.1 Å². The number of nitro benzene ring substituents is 1. The number of benzene rings is 2. The van der Waals surface area contributed by atoms with Crippen LogP contribution in [-0.4, -0.2) is 60.5 Å². The van der Waals surface area contributed by atoms with Crippen molar-refractivity contribution in [3.63, 3.8) is 0 Å². The van der Waals surface area contributed by atoms with Crippen molar-refractivity contribution in [2.24, 2.45) is 0 Å². The number of nitrogens with zero attached hydrogens (tertiary/aromatic N) is 4. The SMILES string of the molecule is COc1ccccc1N1CCN(CC(=O)Nc2nc(-c3cccc([N+](=O)[O-])c3)cs2)CC1. The van der Waals surface area contributed by atoms with Crippen LogP contribution in [0.4, 0.5) is 16.5 Å². The van der Waals surface area contributed by atoms with Crippen LogP contribution in [0.5, 0.6) is 5.75 Å². The molecule has 0 aliphatic carbocycles. The monoisotopic (exact) mass is 453 g/mol. The van der Waals surface area contributed by atoms with E-state index in [0.717, 1.165) is 37.6 Å². The third-order valence-electron chi connectivity index (χ3n) is 5.27. The molecular weight excluding hydrogens is 430 g/mol. The second kappa shape index (κ2) is 9.75. The number of carbonyl (C=O) groups excluding carboxylic acids is 1. The Bertz CT molecular complexity index is 1110. The number of hydrogen-bond donors (Lipinski definition) is 1. The first-order valence-corrected chi connectivity index (χ1v) is 11.0. The summed E-state index contributed by atoms with van der Waals surface area (Å²) >= 11 is 1.30. The summed E-state index contributed by atoms with van der Waals surface area (Å²) in [6, 6.07) is 14.2. The number of rotatable bonds is 7. The van der Waals surface area contributed by atoms with Gasteiger partial charge in [-0.2, -0.15) is 0 Å². The number of piperazine rings is 1. The minimum absolute atomic E-state index is 0.00773. The van der Waals surface area contributed by atoms with Crippen LogP contribution in [0.1, 0.15) is 0 Å². The van der Waals surface area contributed by atoms with Crippen LogP contribution in [0.15, 0.2) is 53.9 Å². The van der Waals surface area contributed by atoms with E-state index in [1.54, 1.807) is 24.6 Å². The molecule has 9 nitrogen and oxygen atoms in total. The van der Waals surface area contributed by atoms with Crippen molar-refractivity contribution in [3.8, 4) is 17.0 Å². The van der Waals surface area contributed by atoms with E-state index in [-0.39, 0.29) is 18.1 Å². The lowest BCUT2D eigenvalue weighted by Gasteiger charge is -2.36. The molecule has 32 heavy (non-hydrogen) atoms. The van der Waals surface area contributed by atoms with E-state index in [1.807, 2.05) is 24.3 Å². The number of methoxy groups -OCH3 is 1. The van der Waals surface area contributed by atoms with Crippen molar-refractivity contribution in [3.05, 3.63) is 64.0 Å². The molecule has 0 unspecified atom stereocenters. The van der Waals surface area contributed by atoms with E-state index in [0.29, 0.717) is 16.4 Å². The summed E-state index contributed by atoms with van der Waals surface area (Å²) in [5.41, 5.74) is 2.31. The Labute approximate surface area is 189 Å². The number of nitrogens with one attached hydrogen (secondary N) is 1. The van der Waals surface area contributed by atoms with Crippen molar-refractivity contribution < 1.29 is 14.5 Å². The van der Waals surface area contributed by atoms with E-state index in [1.165, 1.54) is 23.5 Å². The molecule has 4 rings (SSSR count). The minimum Gasteiger partial charge on any atom is -0.495 e. The van der Waals surface area contributed by atoms with Gasteiger partial charge in [0.1, 0.15) is 5.75 Å². The van der Waals surface area contributed by atoms with E-state index < -0.39 is 4.92 Å². The van der Waals surface area contributed by atoms with Gasteiger partial charge in [-0.3, -0.25) is 19.8 Å². The van der Waals surface area contributed by atoms with Gasteiger partial charge in [0.25, 0.3) is 5.69 Å². The van der Waals surface area contributed by atoms with Crippen molar-refractivity contribution in [2.45, 2.75) is 0 Å². The third kappa shape index (κ3) is 5.04. The van der Waals surface area contributed by atoms with Gasteiger partial charge < -0.3 is 15.0 Å². The first-order chi connectivity index (χ1) is 15.5. The number of aromatic nitrogens is 1. The molecule has 0 bridgehead atoms. The molecule has 10 heteroatoms. The zero-order chi connectivity index (χ0) is 22.5. The van der Waals surface area contributed by atoms with Crippen molar-refractivity contribution in [1.29, 1.82) is 0 Å². The molecule has 0 spiro atoms. The molecule has 1 aliphatic heterocycles. The summed E-state index contributed by atoms with van der Waals surface area (Å²) in [4.78, 5) is 31.8. The highest BCUT2D eigenvalue weighted by Crippen LogP contribution is 2.29. The molecule has 3 aromatic rings. The number of carbonyl (C=O) groups is 1. The Morgan fingerprint density at radius 2 is 1.97 bits per heavy atom. The molecule has 0 atom stereocenters. The van der Waals surface area contributed by atoms with Crippen molar-refractivity contribution in [1.82, 2.24) is 9.88 Å². The Balaban J connectivity index is 1.31. The van der Waals surface area contributed by atoms with Gasteiger partial charge in [0.15, 0.2) is 5.13 Å². The predicted molar refractivity (Wildman–Crippen MR) is 124 cm³/mol. The van der Waals surface area contributed by atoms with E-state index in [2.05, 4.69) is 20.1 Å². The van der Waals surface area contributed by atoms with Gasteiger partial charge in [-0.1, -0.05) is 24.3 Å². The Morgan fingerprint density at radius 1 is 1.19 bits per heavy atom. The number of ether oxygens (including phenoxy) is 1. The number of hydrogen-bond acceptors (Lipinski definition) is 8. The highest BCUT2D eigenvalue weighted by atomic mass is 32.1. The van der Waals surface area contributed by atoms with Gasteiger partial charge in [-0.05, 0) is 12.1 Å². The highest BCUT2D eigenvalue weighted by molar-refractivity contribution is 7.14. The van der Waals surface area contributed by atoms with Gasteiger partial charge in [0, 0.05) is 49.3 Å². The van der Waals surface area contributed by atoms with Crippen LogP contribution >= 0.6 is 11.3 Å². The molecule has 1 amide bonds. The molecule has 2 aromatic carbocycles. The maximum Gasteiger partial charge on any atom is 0.270 e. The van der Waals surface area contributed by atoms with Crippen LogP contribution in [0.3, 0.4) is 0 Å². The summed E-state index contributed by atoms with van der Waals surface area (Å²) in [6.07, 6.45) is 0. The third-order valence-corrected chi connectivity index (χ3v) is 6.03. The van der Waals surface area contributed by atoms with Crippen LogP contribution in [0.25, 0.3) is 11.3 Å². The first-order valence-electron chi connectivity index (χ1n) is 10.1. The Kier molecular flexibility index (Phi) is 6.62. The molecule has 1 saturated heterocycles. The second-order valence-electron chi connectivity index (χ2n) is 7.33. The lowest BCUT2D eigenvalue weighted by Crippen LogP contribution is -2.48. The first kappa shape index (κ1) is 21.7. The summed E-state index contributed by atoms with van der Waals surface area (Å²) in [7, 11) is 1.67. The maximum atomic E-state index is 12.5. The summed E-state index contributed by atoms with van der Waals surface area (Å²) in [6.45, 7) is 3.43. The molecule has 0 saturated carbocycles. The largest absolute Gasteiger partial charge is 0.495 e. The Hall–Kier alpha value is -3.50. The predicted octanol–water partition coefficient (Wildman–Crippen LogP) is 3.49. The van der Waals surface area contributed by atoms with Crippen LogP contribution < -0.4 is 15.0 Å². The van der Waals surface area contributed by atoms with Crippen LogP contribution in [0.2, 0.25) is 0 Å². The quantitative estimate of drug-likeness (QED) is 0.432. The normalized spacial score (nSPS) is 14.2. The lowest BCUT2D eigenvalue weighted by molar-refractivity contribution is -0.384. The number of thiazole rings is 1. The smallest absolute Gasteiger partial charge is 0.270 e. The number of nitro groups is 1. The van der Waals surface area contributed by atoms with Gasteiger partial charge in [-0.25, -0.2) is 4.98 Å². The number of para-hydroxylation sites is 2. The van der Waals surface area contributed by atoms with E-state index in [9.17, 15) is 14.9 Å². The summed E-state index contributed by atoms with van der Waals surface area (Å²) in [5.74, 6) is 0.720. The molecular formula is C22H23N5O4S. The van der Waals surface area contributed by atoms with Gasteiger partial charge in [-0.15, -0.1) is 11.3 Å². The van der Waals surface area contributed by atoms with Gasteiger partial charge >= 0.3 is 0 Å². The second-order valence-corrected chi connectivity index (χ2v) is 8.19. The highest BCUT2D eigenvalue weighted by Gasteiger charge is 2.21. The average Bonchev–Trinajstić information content (AvgIpc) is 3.28. The fraction of sp³-hybridized carbons (Fsp3) is 0.273. The zero-order valence-corrected chi connectivity index (χ0v) is 18.4. The van der Waals surface area contributed by atoms with E-state index >= 15 is 0 Å². The molecule has 166 valence electrons. The van der Waals surface area contributed by atoms with Crippen molar-refractivity contribution >= 4 is 33.8 Å². The number of amides is 1. The molecule has 1 fully saturated rings. The zero-order valence-electron chi connectivity index (χ0n) is 17.6. The molecule has 1 aromatic heterocycles. The molecule has 2 heterocycles. The molecule has 0 radical (unpaired) electrons. The topological polar surface area (TPSA) is 101 Å². The minimum atomic E-state index is -0.438. The van der Waals surface area contributed by atoms with E-state index in [4.69, 9.17) is 4.74 Å². The standard InChI is InChI=1S/C22H23N5O4S/c1-31-20-8-3-2-7-19(20)26-11-9-25(10-12-26)14-21(28)24-22-23-18(15-32-22)16-5-4-6-17(13-16)27(29)30/h2-8,13,15H,9-12,14H2,1H3,(H,23,24,28). The fourth-order valence-electron chi connectivity index (χ4n) is 3.64. The molecule has 1 aliphatic rings. The van der Waals surface area contributed by atoms with Gasteiger partial charge in [0.05, 0.1) is 30.0 Å². The van der Waals surface area contributed by atoms with Gasteiger partial charge in [0.2, 0.25) is 5.91 Å². The molecule has 1 N–H and O–H groups in total.